The van der Waals surface area contributed by atoms with Crippen LogP contribution in [0.3, 0.4) is 0 Å². The smallest absolute Gasteiger partial charge is 0.243 e. The number of unbranched alkanes of at least 4 members (excludes halogenated alkanes) is 1. The van der Waals surface area contributed by atoms with Crippen LogP contribution in [0.15, 0.2) is 78.9 Å². The van der Waals surface area contributed by atoms with E-state index in [-0.39, 0.29) is 18.2 Å². The lowest BCUT2D eigenvalue weighted by Crippen LogP contribution is -2.51. The summed E-state index contributed by atoms with van der Waals surface area (Å²) >= 11 is 6.08. The molecule has 0 saturated carbocycles. The summed E-state index contributed by atoms with van der Waals surface area (Å²) in [5.41, 5.74) is 2.78. The Balaban J connectivity index is 1.91. The number of nitrogens with zero attached hydrogens (tertiary/aromatic N) is 1. The average Bonchev–Trinajstić information content (AvgIpc) is 2.88. The van der Waals surface area contributed by atoms with Crippen molar-refractivity contribution in [1.29, 1.82) is 0 Å². The van der Waals surface area contributed by atoms with Crippen molar-refractivity contribution in [2.75, 3.05) is 13.7 Å². The van der Waals surface area contributed by atoms with Crippen molar-refractivity contribution in [3.05, 3.63) is 101 Å². The molecule has 1 N–H and O–H groups in total. The summed E-state index contributed by atoms with van der Waals surface area (Å²) in [6, 6.07) is 24.0. The van der Waals surface area contributed by atoms with E-state index in [1.54, 1.807) is 24.1 Å². The Hall–Kier alpha value is -3.31. The number of carbonyl (C=O) groups is 2. The van der Waals surface area contributed by atoms with Gasteiger partial charge < -0.3 is 15.0 Å². The van der Waals surface area contributed by atoms with E-state index in [0.29, 0.717) is 24.5 Å². The van der Waals surface area contributed by atoms with E-state index in [1.807, 2.05) is 66.7 Å². The zero-order valence-electron chi connectivity index (χ0n) is 20.4. The van der Waals surface area contributed by atoms with Gasteiger partial charge in [-0.05, 0) is 47.4 Å². The standard InChI is InChI=1S/C29H33ClN2O3/c1-3-4-18-31-29(34)27(19-22-8-6-5-7-9-22)32(21-24-10-14-25(30)15-11-24)28(33)20-23-12-16-26(35-2)17-13-23/h5-17,27H,3-4,18-21H2,1-2H3,(H,31,34)/t27-/m0/s1. The maximum atomic E-state index is 13.7. The van der Waals surface area contributed by atoms with Gasteiger partial charge in [0, 0.05) is 24.5 Å². The molecule has 1 atom stereocenters. The highest BCUT2D eigenvalue weighted by molar-refractivity contribution is 6.30. The van der Waals surface area contributed by atoms with Crippen molar-refractivity contribution in [3.8, 4) is 5.75 Å². The predicted octanol–water partition coefficient (Wildman–Crippen LogP) is 5.45. The SMILES string of the molecule is CCCCNC(=O)[C@H](Cc1ccccc1)N(Cc1ccc(Cl)cc1)C(=O)Cc1ccc(OC)cc1. The predicted molar refractivity (Wildman–Crippen MR) is 141 cm³/mol. The second kappa shape index (κ2) is 13.5. The number of methoxy groups -OCH3 is 1. The fourth-order valence-electron chi connectivity index (χ4n) is 3.87. The minimum atomic E-state index is -0.643. The van der Waals surface area contributed by atoms with E-state index in [2.05, 4.69) is 12.2 Å². The molecule has 3 aromatic carbocycles. The number of carbonyl (C=O) groups excluding carboxylic acids is 2. The van der Waals surface area contributed by atoms with Crippen LogP contribution < -0.4 is 10.1 Å². The lowest BCUT2D eigenvalue weighted by molar-refractivity contribution is -0.140. The Kier molecular flexibility index (Phi) is 10.2. The molecule has 0 spiro atoms. The van der Waals surface area contributed by atoms with Gasteiger partial charge >= 0.3 is 0 Å². The van der Waals surface area contributed by atoms with Crippen LogP contribution in [0.1, 0.15) is 36.5 Å². The Morgan fingerprint density at radius 1 is 0.914 bits per heavy atom. The molecule has 3 rings (SSSR count). The molecule has 0 aliphatic carbocycles. The van der Waals surface area contributed by atoms with Crippen molar-refractivity contribution in [1.82, 2.24) is 10.2 Å². The summed E-state index contributed by atoms with van der Waals surface area (Å²) in [6.07, 6.45) is 2.49. The zero-order chi connectivity index (χ0) is 25.0. The molecule has 0 radical (unpaired) electrons. The first-order chi connectivity index (χ1) is 17.0. The minimum Gasteiger partial charge on any atom is -0.497 e. The number of nitrogens with one attached hydrogen (secondary N) is 1. The highest BCUT2D eigenvalue weighted by Gasteiger charge is 2.30. The molecule has 0 saturated heterocycles. The van der Waals surface area contributed by atoms with Crippen LogP contribution in [0.5, 0.6) is 5.75 Å². The van der Waals surface area contributed by atoms with Gasteiger partial charge in [0.05, 0.1) is 13.5 Å². The van der Waals surface area contributed by atoms with Gasteiger partial charge in [-0.3, -0.25) is 9.59 Å². The van der Waals surface area contributed by atoms with Crippen LogP contribution in [0, 0.1) is 0 Å². The largest absolute Gasteiger partial charge is 0.497 e. The zero-order valence-corrected chi connectivity index (χ0v) is 21.1. The number of hydrogen-bond acceptors (Lipinski definition) is 3. The summed E-state index contributed by atoms with van der Waals surface area (Å²) in [7, 11) is 1.61. The van der Waals surface area contributed by atoms with Gasteiger partial charge in [0.1, 0.15) is 11.8 Å². The molecule has 0 aromatic heterocycles. The lowest BCUT2D eigenvalue weighted by Gasteiger charge is -2.32. The highest BCUT2D eigenvalue weighted by atomic mass is 35.5. The van der Waals surface area contributed by atoms with Crippen LogP contribution >= 0.6 is 11.6 Å². The van der Waals surface area contributed by atoms with E-state index in [4.69, 9.17) is 16.3 Å². The molecule has 2 amide bonds. The molecule has 0 unspecified atom stereocenters. The molecule has 0 bridgehead atoms. The monoisotopic (exact) mass is 492 g/mol. The molecule has 5 nitrogen and oxygen atoms in total. The number of hydrogen-bond donors (Lipinski definition) is 1. The van der Waals surface area contributed by atoms with Crippen LogP contribution in [0.4, 0.5) is 0 Å². The number of halogens is 1. The van der Waals surface area contributed by atoms with Gasteiger partial charge in [-0.1, -0.05) is 79.5 Å². The van der Waals surface area contributed by atoms with Crippen LogP contribution in [-0.4, -0.2) is 36.4 Å². The molecular formula is C29H33ClN2O3. The number of benzene rings is 3. The molecular weight excluding hydrogens is 460 g/mol. The molecule has 3 aromatic rings. The van der Waals surface area contributed by atoms with Crippen LogP contribution in [0.2, 0.25) is 5.02 Å². The van der Waals surface area contributed by atoms with Crippen molar-refractivity contribution in [2.24, 2.45) is 0 Å². The minimum absolute atomic E-state index is 0.114. The van der Waals surface area contributed by atoms with Gasteiger partial charge in [-0.2, -0.15) is 0 Å². The Morgan fingerprint density at radius 3 is 2.20 bits per heavy atom. The molecule has 6 heteroatoms. The van der Waals surface area contributed by atoms with Gasteiger partial charge in [0.15, 0.2) is 0 Å². The van der Waals surface area contributed by atoms with Gasteiger partial charge in [-0.15, -0.1) is 0 Å². The van der Waals surface area contributed by atoms with Gasteiger partial charge in [0.25, 0.3) is 0 Å². The summed E-state index contributed by atoms with van der Waals surface area (Å²) in [5, 5.41) is 3.67. The first-order valence-corrected chi connectivity index (χ1v) is 12.4. The third-order valence-corrected chi connectivity index (χ3v) is 6.13. The normalized spacial score (nSPS) is 11.5. The van der Waals surface area contributed by atoms with E-state index in [9.17, 15) is 9.59 Å². The van der Waals surface area contributed by atoms with E-state index in [0.717, 1.165) is 35.3 Å². The lowest BCUT2D eigenvalue weighted by atomic mass is 10.0. The third-order valence-electron chi connectivity index (χ3n) is 5.88. The van der Waals surface area contributed by atoms with Crippen molar-refractivity contribution < 1.29 is 14.3 Å². The van der Waals surface area contributed by atoms with Crippen LogP contribution in [-0.2, 0) is 29.0 Å². The van der Waals surface area contributed by atoms with Crippen molar-refractivity contribution in [2.45, 2.75) is 45.2 Å². The number of ether oxygens (including phenoxy) is 1. The fraction of sp³-hybridized carbons (Fsp3) is 0.310. The topological polar surface area (TPSA) is 58.6 Å². The van der Waals surface area contributed by atoms with Gasteiger partial charge in [-0.25, -0.2) is 0 Å². The van der Waals surface area contributed by atoms with Crippen molar-refractivity contribution in [3.63, 3.8) is 0 Å². The maximum Gasteiger partial charge on any atom is 0.243 e. The highest BCUT2D eigenvalue weighted by Crippen LogP contribution is 2.19. The first-order valence-electron chi connectivity index (χ1n) is 12.0. The van der Waals surface area contributed by atoms with Gasteiger partial charge in [0.2, 0.25) is 11.8 Å². The Labute approximate surface area is 213 Å². The average molecular weight is 493 g/mol. The second-order valence-electron chi connectivity index (χ2n) is 8.52. The number of amides is 2. The summed E-state index contributed by atoms with van der Waals surface area (Å²) in [4.78, 5) is 28.8. The third kappa shape index (κ3) is 8.15. The molecule has 0 fully saturated rings. The Bertz CT molecular complexity index is 1070. The maximum absolute atomic E-state index is 13.7. The fourth-order valence-corrected chi connectivity index (χ4v) is 3.99. The molecule has 0 aliphatic rings. The van der Waals surface area contributed by atoms with Crippen molar-refractivity contribution >= 4 is 23.4 Å². The molecule has 0 aliphatic heterocycles. The summed E-state index contributed by atoms with van der Waals surface area (Å²) in [6.45, 7) is 2.98. The summed E-state index contributed by atoms with van der Waals surface area (Å²) in [5.74, 6) is 0.479. The molecule has 0 heterocycles. The quantitative estimate of drug-likeness (QED) is 0.342. The molecule has 35 heavy (non-hydrogen) atoms. The Morgan fingerprint density at radius 2 is 1.57 bits per heavy atom. The van der Waals surface area contributed by atoms with Crippen LogP contribution in [0.25, 0.3) is 0 Å². The second-order valence-corrected chi connectivity index (χ2v) is 8.96. The van der Waals surface area contributed by atoms with E-state index >= 15 is 0 Å². The van der Waals surface area contributed by atoms with E-state index < -0.39 is 6.04 Å². The number of rotatable bonds is 12. The van der Waals surface area contributed by atoms with E-state index in [1.165, 1.54) is 0 Å². The molecule has 184 valence electrons. The first kappa shape index (κ1) is 26.3. The summed E-state index contributed by atoms with van der Waals surface area (Å²) < 4.78 is 5.23.